The van der Waals surface area contributed by atoms with E-state index in [1.54, 1.807) is 7.11 Å². The van der Waals surface area contributed by atoms with Crippen LogP contribution in [-0.2, 0) is 0 Å². The number of halogens is 1. The van der Waals surface area contributed by atoms with Gasteiger partial charge < -0.3 is 15.4 Å². The van der Waals surface area contributed by atoms with Crippen molar-refractivity contribution in [3.05, 3.63) is 16.6 Å². The quantitative estimate of drug-likeness (QED) is 0.857. The molecular formula is C11H17BrN2O. The van der Waals surface area contributed by atoms with Crippen molar-refractivity contribution in [3.63, 3.8) is 0 Å². The van der Waals surface area contributed by atoms with E-state index in [9.17, 15) is 0 Å². The van der Waals surface area contributed by atoms with Gasteiger partial charge >= 0.3 is 0 Å². The minimum absolute atomic E-state index is 0.703. The van der Waals surface area contributed by atoms with Crippen molar-refractivity contribution in [2.45, 2.75) is 13.8 Å². The summed E-state index contributed by atoms with van der Waals surface area (Å²) in [6.45, 7) is 6.11. The van der Waals surface area contributed by atoms with Gasteiger partial charge in [-0.05, 0) is 35.8 Å². The van der Waals surface area contributed by atoms with E-state index in [-0.39, 0.29) is 0 Å². The van der Waals surface area contributed by atoms with E-state index < -0.39 is 0 Å². The Morgan fingerprint density at radius 1 is 1.33 bits per heavy atom. The number of nitrogen functional groups attached to an aromatic ring is 1. The van der Waals surface area contributed by atoms with Crippen molar-refractivity contribution < 1.29 is 4.74 Å². The molecule has 0 aliphatic carbocycles. The molecule has 3 nitrogen and oxygen atoms in total. The van der Waals surface area contributed by atoms with Gasteiger partial charge in [0.25, 0.3) is 0 Å². The molecule has 15 heavy (non-hydrogen) atoms. The van der Waals surface area contributed by atoms with Crippen LogP contribution in [0.4, 0.5) is 11.4 Å². The molecule has 84 valence electrons. The molecule has 0 atom stereocenters. The van der Waals surface area contributed by atoms with Gasteiger partial charge in [-0.15, -0.1) is 0 Å². The SMILES string of the molecule is CCN(CC)c1c(Br)cc(N)cc1OC. The number of anilines is 2. The van der Waals surface area contributed by atoms with Crippen molar-refractivity contribution in [3.8, 4) is 5.75 Å². The lowest BCUT2D eigenvalue weighted by Crippen LogP contribution is -2.23. The summed E-state index contributed by atoms with van der Waals surface area (Å²) in [5.74, 6) is 0.811. The molecule has 0 aliphatic heterocycles. The van der Waals surface area contributed by atoms with Gasteiger partial charge in [-0.2, -0.15) is 0 Å². The molecule has 0 spiro atoms. The first-order valence-corrected chi connectivity index (χ1v) is 5.81. The molecule has 0 heterocycles. The number of methoxy groups -OCH3 is 1. The van der Waals surface area contributed by atoms with Crippen LogP contribution in [0.25, 0.3) is 0 Å². The van der Waals surface area contributed by atoms with E-state index in [1.807, 2.05) is 12.1 Å². The van der Waals surface area contributed by atoms with E-state index >= 15 is 0 Å². The number of nitrogens with two attached hydrogens (primary N) is 1. The van der Waals surface area contributed by atoms with Crippen LogP contribution in [0.2, 0.25) is 0 Å². The summed E-state index contributed by atoms with van der Waals surface area (Å²) < 4.78 is 6.32. The van der Waals surface area contributed by atoms with Gasteiger partial charge in [0.1, 0.15) is 5.75 Å². The average Bonchev–Trinajstić information content (AvgIpc) is 2.21. The van der Waals surface area contributed by atoms with Crippen LogP contribution in [0.5, 0.6) is 5.75 Å². The highest BCUT2D eigenvalue weighted by atomic mass is 79.9. The maximum atomic E-state index is 5.76. The summed E-state index contributed by atoms with van der Waals surface area (Å²) in [7, 11) is 1.66. The van der Waals surface area contributed by atoms with Crippen LogP contribution in [0.15, 0.2) is 16.6 Å². The van der Waals surface area contributed by atoms with Gasteiger partial charge in [-0.3, -0.25) is 0 Å². The molecule has 1 rings (SSSR count). The summed E-state index contributed by atoms with van der Waals surface area (Å²) in [6.07, 6.45) is 0. The minimum Gasteiger partial charge on any atom is -0.494 e. The fourth-order valence-corrected chi connectivity index (χ4v) is 2.31. The zero-order chi connectivity index (χ0) is 11.4. The van der Waals surface area contributed by atoms with Gasteiger partial charge in [0, 0.05) is 29.3 Å². The smallest absolute Gasteiger partial charge is 0.145 e. The zero-order valence-corrected chi connectivity index (χ0v) is 11.0. The Balaban J connectivity index is 3.24. The van der Waals surface area contributed by atoms with Gasteiger partial charge in [0.05, 0.1) is 12.8 Å². The molecule has 0 fully saturated rings. The van der Waals surface area contributed by atoms with Crippen LogP contribution in [0.3, 0.4) is 0 Å². The Labute approximate surface area is 99.3 Å². The Bertz CT molecular complexity index is 338. The maximum absolute atomic E-state index is 5.76. The van der Waals surface area contributed by atoms with Crippen molar-refractivity contribution in [2.75, 3.05) is 30.8 Å². The molecule has 0 unspecified atom stereocenters. The Hall–Kier alpha value is -0.900. The number of nitrogens with zero attached hydrogens (tertiary/aromatic N) is 1. The number of benzene rings is 1. The fourth-order valence-electron chi connectivity index (χ4n) is 1.60. The minimum atomic E-state index is 0.703. The molecule has 0 aliphatic rings. The lowest BCUT2D eigenvalue weighted by Gasteiger charge is -2.25. The molecule has 0 radical (unpaired) electrons. The lowest BCUT2D eigenvalue weighted by molar-refractivity contribution is 0.414. The molecule has 0 amide bonds. The summed E-state index contributed by atoms with van der Waals surface area (Å²) in [4.78, 5) is 2.22. The Morgan fingerprint density at radius 3 is 2.40 bits per heavy atom. The number of rotatable bonds is 4. The number of hydrogen-bond acceptors (Lipinski definition) is 3. The second-order valence-electron chi connectivity index (χ2n) is 3.23. The van der Waals surface area contributed by atoms with Gasteiger partial charge in [0.2, 0.25) is 0 Å². The average molecular weight is 273 g/mol. The summed E-state index contributed by atoms with van der Waals surface area (Å²) in [5.41, 5.74) is 7.53. The second kappa shape index (κ2) is 5.26. The molecule has 1 aromatic carbocycles. The van der Waals surface area contributed by atoms with E-state index in [2.05, 4.69) is 34.7 Å². The third-order valence-electron chi connectivity index (χ3n) is 2.35. The molecule has 0 aromatic heterocycles. The lowest BCUT2D eigenvalue weighted by atomic mass is 10.2. The van der Waals surface area contributed by atoms with Gasteiger partial charge in [-0.1, -0.05) is 0 Å². The molecule has 0 bridgehead atoms. The largest absolute Gasteiger partial charge is 0.494 e. The molecule has 2 N–H and O–H groups in total. The standard InChI is InChI=1S/C11H17BrN2O/c1-4-14(5-2)11-9(12)6-8(13)7-10(11)15-3/h6-7H,4-5,13H2,1-3H3. The third kappa shape index (κ3) is 2.56. The van der Waals surface area contributed by atoms with E-state index in [0.29, 0.717) is 5.69 Å². The highest BCUT2D eigenvalue weighted by Gasteiger charge is 2.13. The summed E-state index contributed by atoms with van der Waals surface area (Å²) in [5, 5.41) is 0. The number of ether oxygens (including phenoxy) is 1. The van der Waals surface area contributed by atoms with Crippen LogP contribution in [0.1, 0.15) is 13.8 Å². The van der Waals surface area contributed by atoms with Crippen molar-refractivity contribution >= 4 is 27.3 Å². The predicted molar refractivity (Wildman–Crippen MR) is 68.7 cm³/mol. The molecule has 1 aromatic rings. The molecule has 0 saturated carbocycles. The van der Waals surface area contributed by atoms with E-state index in [4.69, 9.17) is 10.5 Å². The summed E-state index contributed by atoms with van der Waals surface area (Å²) >= 11 is 3.52. The molecular weight excluding hydrogens is 256 g/mol. The highest BCUT2D eigenvalue weighted by Crippen LogP contribution is 2.37. The number of hydrogen-bond donors (Lipinski definition) is 1. The zero-order valence-electron chi connectivity index (χ0n) is 9.38. The first-order valence-electron chi connectivity index (χ1n) is 5.02. The molecule has 4 heteroatoms. The Morgan fingerprint density at radius 2 is 1.93 bits per heavy atom. The first kappa shape index (κ1) is 12.2. The van der Waals surface area contributed by atoms with Gasteiger partial charge in [-0.25, -0.2) is 0 Å². The van der Waals surface area contributed by atoms with Crippen molar-refractivity contribution in [1.82, 2.24) is 0 Å². The summed E-state index contributed by atoms with van der Waals surface area (Å²) in [6, 6.07) is 3.74. The van der Waals surface area contributed by atoms with Crippen molar-refractivity contribution in [2.24, 2.45) is 0 Å². The fraction of sp³-hybridized carbons (Fsp3) is 0.455. The molecule has 0 saturated heterocycles. The van der Waals surface area contributed by atoms with Crippen molar-refractivity contribution in [1.29, 1.82) is 0 Å². The maximum Gasteiger partial charge on any atom is 0.145 e. The van der Waals surface area contributed by atoms with Crippen LogP contribution in [-0.4, -0.2) is 20.2 Å². The first-order chi connectivity index (χ1) is 7.13. The van der Waals surface area contributed by atoms with Crippen LogP contribution in [0, 0.1) is 0 Å². The van der Waals surface area contributed by atoms with Crippen LogP contribution >= 0.6 is 15.9 Å². The van der Waals surface area contributed by atoms with E-state index in [1.165, 1.54) is 0 Å². The monoisotopic (exact) mass is 272 g/mol. The van der Waals surface area contributed by atoms with Gasteiger partial charge in [0.15, 0.2) is 0 Å². The highest BCUT2D eigenvalue weighted by molar-refractivity contribution is 9.10. The Kier molecular flexibility index (Phi) is 4.27. The predicted octanol–water partition coefficient (Wildman–Crippen LogP) is 2.89. The van der Waals surface area contributed by atoms with E-state index in [0.717, 1.165) is 29.0 Å². The topological polar surface area (TPSA) is 38.5 Å². The normalized spacial score (nSPS) is 10.1. The third-order valence-corrected chi connectivity index (χ3v) is 2.95. The van der Waals surface area contributed by atoms with Crippen LogP contribution < -0.4 is 15.4 Å². The second-order valence-corrected chi connectivity index (χ2v) is 4.08.